The second kappa shape index (κ2) is 8.13. The van der Waals surface area contributed by atoms with E-state index in [1.165, 1.54) is 12.1 Å². The Morgan fingerprint density at radius 1 is 1.10 bits per heavy atom. The summed E-state index contributed by atoms with van der Waals surface area (Å²) < 4.78 is 18.8. The number of benzene rings is 2. The molecule has 1 amide bonds. The second-order valence-electron chi connectivity index (χ2n) is 7.50. The van der Waals surface area contributed by atoms with Crippen LogP contribution in [0.5, 0.6) is 0 Å². The fraction of sp³-hybridized carbons (Fsp3) is 0.227. The van der Waals surface area contributed by atoms with E-state index in [9.17, 15) is 9.18 Å². The van der Waals surface area contributed by atoms with Crippen molar-refractivity contribution in [3.8, 4) is 11.4 Å². The molecule has 31 heavy (non-hydrogen) atoms. The number of aromatic nitrogens is 3. The Morgan fingerprint density at radius 2 is 1.87 bits per heavy atom. The molecule has 0 aliphatic carbocycles. The summed E-state index contributed by atoms with van der Waals surface area (Å²) in [5.74, 6) is 0.650. The highest BCUT2D eigenvalue weighted by molar-refractivity contribution is 6.30. The highest BCUT2D eigenvalue weighted by atomic mass is 35.5. The smallest absolute Gasteiger partial charge is 0.270 e. The number of aromatic amines is 1. The minimum atomic E-state index is -0.320. The molecule has 0 bridgehead atoms. The molecule has 2 aromatic heterocycles. The van der Waals surface area contributed by atoms with Gasteiger partial charge in [-0.25, -0.2) is 4.39 Å². The normalized spacial score (nSPS) is 15.0. The molecular formula is C22H19ClFN5O2. The van der Waals surface area contributed by atoms with Gasteiger partial charge in [-0.2, -0.15) is 4.98 Å². The minimum Gasteiger partial charge on any atom is -0.351 e. The third kappa shape index (κ3) is 4.17. The zero-order valence-electron chi connectivity index (χ0n) is 16.5. The Morgan fingerprint density at radius 3 is 2.65 bits per heavy atom. The SMILES string of the molecule is O=C(c1cc2cc(F)ccc2[nH]1)N1CCN(Cc2nc(-c3ccc(Cl)cc3)no2)CC1. The quantitative estimate of drug-likeness (QED) is 0.520. The molecule has 158 valence electrons. The first-order chi connectivity index (χ1) is 15.0. The minimum absolute atomic E-state index is 0.0842. The largest absolute Gasteiger partial charge is 0.351 e. The number of hydrogen-bond acceptors (Lipinski definition) is 5. The summed E-state index contributed by atoms with van der Waals surface area (Å²) in [6, 6.07) is 13.4. The van der Waals surface area contributed by atoms with Crippen molar-refractivity contribution in [2.24, 2.45) is 0 Å². The second-order valence-corrected chi connectivity index (χ2v) is 7.94. The first-order valence-corrected chi connectivity index (χ1v) is 10.3. The van der Waals surface area contributed by atoms with E-state index in [0.29, 0.717) is 60.5 Å². The van der Waals surface area contributed by atoms with Crippen LogP contribution in [-0.4, -0.2) is 57.0 Å². The lowest BCUT2D eigenvalue weighted by Gasteiger charge is -2.33. The number of carbonyl (C=O) groups is 1. The van der Waals surface area contributed by atoms with Gasteiger partial charge in [-0.15, -0.1) is 0 Å². The van der Waals surface area contributed by atoms with Gasteiger partial charge in [0.25, 0.3) is 5.91 Å². The number of hydrogen-bond donors (Lipinski definition) is 1. The molecule has 0 atom stereocenters. The summed E-state index contributed by atoms with van der Waals surface area (Å²) in [5, 5.41) is 5.38. The summed E-state index contributed by atoms with van der Waals surface area (Å²) >= 11 is 5.92. The van der Waals surface area contributed by atoms with Gasteiger partial charge in [-0.1, -0.05) is 16.8 Å². The monoisotopic (exact) mass is 439 g/mol. The van der Waals surface area contributed by atoms with Crippen molar-refractivity contribution in [1.29, 1.82) is 0 Å². The van der Waals surface area contributed by atoms with E-state index < -0.39 is 0 Å². The van der Waals surface area contributed by atoms with Crippen LogP contribution < -0.4 is 0 Å². The van der Waals surface area contributed by atoms with Crippen molar-refractivity contribution >= 4 is 28.4 Å². The molecule has 1 aliphatic heterocycles. The highest BCUT2D eigenvalue weighted by Crippen LogP contribution is 2.21. The van der Waals surface area contributed by atoms with E-state index in [2.05, 4.69) is 20.0 Å². The van der Waals surface area contributed by atoms with Gasteiger partial charge in [0.1, 0.15) is 11.5 Å². The number of H-pyrrole nitrogens is 1. The highest BCUT2D eigenvalue weighted by Gasteiger charge is 2.24. The van der Waals surface area contributed by atoms with Crippen molar-refractivity contribution < 1.29 is 13.7 Å². The molecule has 1 N–H and O–H groups in total. The van der Waals surface area contributed by atoms with Gasteiger partial charge < -0.3 is 14.4 Å². The molecular weight excluding hydrogens is 421 g/mol. The average Bonchev–Trinajstić information content (AvgIpc) is 3.41. The number of halogens is 2. The van der Waals surface area contributed by atoms with E-state index in [-0.39, 0.29) is 11.7 Å². The summed E-state index contributed by atoms with van der Waals surface area (Å²) in [4.78, 5) is 24.3. The third-order valence-corrected chi connectivity index (χ3v) is 5.65. The van der Waals surface area contributed by atoms with E-state index in [1.54, 1.807) is 29.2 Å². The van der Waals surface area contributed by atoms with E-state index in [0.717, 1.165) is 11.1 Å². The molecule has 7 nitrogen and oxygen atoms in total. The Bertz CT molecular complexity index is 1230. The number of amides is 1. The number of piperazine rings is 1. The van der Waals surface area contributed by atoms with Gasteiger partial charge >= 0.3 is 0 Å². The maximum Gasteiger partial charge on any atom is 0.270 e. The van der Waals surface area contributed by atoms with E-state index in [4.69, 9.17) is 16.1 Å². The molecule has 9 heteroatoms. The van der Waals surface area contributed by atoms with E-state index >= 15 is 0 Å². The summed E-state index contributed by atoms with van der Waals surface area (Å²) in [5.41, 5.74) is 2.06. The third-order valence-electron chi connectivity index (χ3n) is 5.40. The van der Waals surface area contributed by atoms with Crippen LogP contribution in [-0.2, 0) is 6.54 Å². The van der Waals surface area contributed by atoms with Gasteiger partial charge in [0.05, 0.1) is 6.54 Å². The maximum atomic E-state index is 13.4. The van der Waals surface area contributed by atoms with Gasteiger partial charge in [0, 0.05) is 47.7 Å². The summed E-state index contributed by atoms with van der Waals surface area (Å²) in [6.07, 6.45) is 0. The fourth-order valence-corrected chi connectivity index (χ4v) is 3.85. The van der Waals surface area contributed by atoms with Crippen molar-refractivity contribution in [1.82, 2.24) is 24.9 Å². The molecule has 1 saturated heterocycles. The molecule has 3 heterocycles. The van der Waals surface area contributed by atoms with Crippen LogP contribution in [0.3, 0.4) is 0 Å². The molecule has 0 spiro atoms. The fourth-order valence-electron chi connectivity index (χ4n) is 3.72. The molecule has 1 aliphatic rings. The van der Waals surface area contributed by atoms with Crippen LogP contribution in [0.1, 0.15) is 16.4 Å². The Kier molecular flexibility index (Phi) is 5.17. The Labute approximate surface area is 182 Å². The molecule has 5 rings (SSSR count). The van der Waals surface area contributed by atoms with Crippen LogP contribution in [0.15, 0.2) is 53.1 Å². The predicted octanol–water partition coefficient (Wildman–Crippen LogP) is 3.97. The zero-order valence-corrected chi connectivity index (χ0v) is 17.3. The van der Waals surface area contributed by atoms with Gasteiger partial charge in [-0.05, 0) is 48.5 Å². The topological polar surface area (TPSA) is 78.3 Å². The first-order valence-electron chi connectivity index (χ1n) is 9.93. The Balaban J connectivity index is 1.19. The van der Waals surface area contributed by atoms with Crippen LogP contribution in [0.2, 0.25) is 5.02 Å². The molecule has 0 saturated carbocycles. The van der Waals surface area contributed by atoms with Crippen LogP contribution >= 0.6 is 11.6 Å². The van der Waals surface area contributed by atoms with Crippen molar-refractivity contribution in [2.45, 2.75) is 6.54 Å². The summed E-state index contributed by atoms with van der Waals surface area (Å²) in [7, 11) is 0. The standard InChI is InChI=1S/C22H19ClFN5O2/c23-16-3-1-14(2-4-16)21-26-20(31-27-21)13-28-7-9-29(10-8-28)22(30)19-12-15-11-17(24)5-6-18(15)25-19/h1-6,11-12,25H,7-10,13H2. The lowest BCUT2D eigenvalue weighted by atomic mass is 10.2. The molecule has 4 aromatic rings. The number of fused-ring (bicyclic) bond motifs is 1. The molecule has 0 radical (unpaired) electrons. The first kappa shape index (κ1) is 19.7. The van der Waals surface area contributed by atoms with Crippen molar-refractivity contribution in [2.75, 3.05) is 26.2 Å². The van der Waals surface area contributed by atoms with Crippen molar-refractivity contribution in [3.05, 3.63) is 71.0 Å². The summed E-state index contributed by atoms with van der Waals surface area (Å²) in [6.45, 7) is 3.08. The predicted molar refractivity (Wildman–Crippen MR) is 114 cm³/mol. The molecule has 0 unspecified atom stereocenters. The van der Waals surface area contributed by atoms with Crippen LogP contribution in [0.25, 0.3) is 22.3 Å². The lowest BCUT2D eigenvalue weighted by Crippen LogP contribution is -2.48. The number of nitrogens with one attached hydrogen (secondary N) is 1. The van der Waals surface area contributed by atoms with E-state index in [1.807, 2.05) is 12.1 Å². The van der Waals surface area contributed by atoms with Gasteiger partial charge in [0.15, 0.2) is 0 Å². The van der Waals surface area contributed by atoms with Crippen LogP contribution in [0, 0.1) is 5.82 Å². The molecule has 1 fully saturated rings. The Hall–Kier alpha value is -3.23. The van der Waals surface area contributed by atoms with Gasteiger partial charge in [0.2, 0.25) is 11.7 Å². The lowest BCUT2D eigenvalue weighted by molar-refractivity contribution is 0.0610. The zero-order chi connectivity index (χ0) is 21.4. The maximum absolute atomic E-state index is 13.4. The van der Waals surface area contributed by atoms with Crippen LogP contribution in [0.4, 0.5) is 4.39 Å². The average molecular weight is 440 g/mol. The number of carbonyl (C=O) groups excluding carboxylic acids is 1. The number of rotatable bonds is 4. The van der Waals surface area contributed by atoms with Gasteiger partial charge in [-0.3, -0.25) is 9.69 Å². The molecule has 2 aromatic carbocycles. The van der Waals surface area contributed by atoms with Crippen molar-refractivity contribution in [3.63, 3.8) is 0 Å². The number of nitrogens with zero attached hydrogens (tertiary/aromatic N) is 4.